The molecular weight excluding hydrogens is 222 g/mol. The van der Waals surface area contributed by atoms with E-state index in [1.807, 2.05) is 24.0 Å². The highest BCUT2D eigenvalue weighted by Gasteiger charge is 2.08. The topological polar surface area (TPSA) is 43.8 Å². The third-order valence-corrected chi connectivity index (χ3v) is 3.31. The van der Waals surface area contributed by atoms with E-state index in [-0.39, 0.29) is 6.04 Å². The van der Waals surface area contributed by atoms with Crippen molar-refractivity contribution < 1.29 is 0 Å². The van der Waals surface area contributed by atoms with Gasteiger partial charge in [0.25, 0.3) is 0 Å². The molecule has 0 aliphatic carbocycles. The molecule has 1 heterocycles. The minimum Gasteiger partial charge on any atom is -0.324 e. The van der Waals surface area contributed by atoms with E-state index in [0.29, 0.717) is 0 Å². The molecule has 3 nitrogen and oxygen atoms in total. The van der Waals surface area contributed by atoms with E-state index in [1.165, 1.54) is 22.4 Å². The Kier molecular flexibility index (Phi) is 3.82. The maximum Gasteiger partial charge on any atom is 0.0492 e. The normalized spacial score (nSPS) is 12.7. The fourth-order valence-corrected chi connectivity index (χ4v) is 2.34. The second-order valence-corrected chi connectivity index (χ2v) is 5.01. The summed E-state index contributed by atoms with van der Waals surface area (Å²) in [5.41, 5.74) is 11.3. The second kappa shape index (κ2) is 5.36. The fourth-order valence-electron chi connectivity index (χ4n) is 2.34. The van der Waals surface area contributed by atoms with E-state index < -0.39 is 0 Å². The Balaban J connectivity index is 2.03. The lowest BCUT2D eigenvalue weighted by Crippen LogP contribution is -2.12. The van der Waals surface area contributed by atoms with Crippen molar-refractivity contribution >= 4 is 0 Å². The number of nitrogens with two attached hydrogens (primary N) is 1. The van der Waals surface area contributed by atoms with Gasteiger partial charge in [0.1, 0.15) is 0 Å². The molecule has 1 aromatic carbocycles. The molecule has 1 aromatic heterocycles. The van der Waals surface area contributed by atoms with Crippen molar-refractivity contribution in [1.82, 2.24) is 9.78 Å². The summed E-state index contributed by atoms with van der Waals surface area (Å²) in [5.74, 6) is 0. The van der Waals surface area contributed by atoms with Gasteiger partial charge in [-0.1, -0.05) is 29.3 Å². The smallest absolute Gasteiger partial charge is 0.0492 e. The van der Waals surface area contributed by atoms with Crippen LogP contribution >= 0.6 is 0 Å². The number of benzene rings is 1. The minimum atomic E-state index is 0.0958. The largest absolute Gasteiger partial charge is 0.324 e. The lowest BCUT2D eigenvalue weighted by molar-refractivity contribution is 0.613. The van der Waals surface area contributed by atoms with Crippen LogP contribution in [-0.2, 0) is 13.5 Å². The zero-order valence-corrected chi connectivity index (χ0v) is 11.4. The van der Waals surface area contributed by atoms with Gasteiger partial charge in [-0.05, 0) is 38.3 Å². The van der Waals surface area contributed by atoms with Crippen LogP contribution in [-0.4, -0.2) is 9.78 Å². The average molecular weight is 243 g/mol. The number of hydrogen-bond donors (Lipinski definition) is 1. The zero-order valence-electron chi connectivity index (χ0n) is 11.4. The predicted octanol–water partition coefficient (Wildman–Crippen LogP) is 2.67. The molecule has 0 saturated heterocycles. The molecule has 1 atom stereocenters. The van der Waals surface area contributed by atoms with Gasteiger partial charge in [-0.25, -0.2) is 0 Å². The first-order valence-electron chi connectivity index (χ1n) is 6.37. The standard InChI is InChI=1S/C15H21N3/c1-11-8-12(2)10-13(9-11)15(16)5-4-14-6-7-17-18(14)3/h6-10,15H,4-5,16H2,1-3H3. The van der Waals surface area contributed by atoms with Gasteiger partial charge in [0, 0.05) is 25.0 Å². The van der Waals surface area contributed by atoms with Crippen molar-refractivity contribution in [1.29, 1.82) is 0 Å². The van der Waals surface area contributed by atoms with Crippen LogP contribution in [0.4, 0.5) is 0 Å². The first-order valence-corrected chi connectivity index (χ1v) is 6.37. The Morgan fingerprint density at radius 1 is 1.22 bits per heavy atom. The number of aromatic nitrogens is 2. The van der Waals surface area contributed by atoms with Crippen molar-refractivity contribution in [2.45, 2.75) is 32.7 Å². The number of nitrogens with zero attached hydrogens (tertiary/aromatic N) is 2. The summed E-state index contributed by atoms with van der Waals surface area (Å²) in [4.78, 5) is 0. The summed E-state index contributed by atoms with van der Waals surface area (Å²) in [5, 5.41) is 4.17. The van der Waals surface area contributed by atoms with Crippen molar-refractivity contribution in [2.75, 3.05) is 0 Å². The first-order chi connectivity index (χ1) is 8.56. The van der Waals surface area contributed by atoms with E-state index in [1.54, 1.807) is 0 Å². The molecule has 0 aliphatic heterocycles. The molecule has 96 valence electrons. The van der Waals surface area contributed by atoms with Crippen LogP contribution in [0.25, 0.3) is 0 Å². The van der Waals surface area contributed by atoms with Crippen molar-refractivity contribution in [3.63, 3.8) is 0 Å². The summed E-state index contributed by atoms with van der Waals surface area (Å²) >= 11 is 0. The van der Waals surface area contributed by atoms with Crippen LogP contribution in [0.15, 0.2) is 30.5 Å². The second-order valence-electron chi connectivity index (χ2n) is 5.01. The molecule has 0 amide bonds. The first kappa shape index (κ1) is 12.8. The Labute approximate surface area is 109 Å². The Hall–Kier alpha value is -1.61. The molecule has 18 heavy (non-hydrogen) atoms. The van der Waals surface area contributed by atoms with E-state index in [9.17, 15) is 0 Å². The van der Waals surface area contributed by atoms with Crippen LogP contribution in [0.2, 0.25) is 0 Å². The van der Waals surface area contributed by atoms with E-state index >= 15 is 0 Å². The minimum absolute atomic E-state index is 0.0958. The van der Waals surface area contributed by atoms with Crippen LogP contribution in [0, 0.1) is 13.8 Å². The quantitative estimate of drug-likeness (QED) is 0.897. The molecule has 0 saturated carbocycles. The third-order valence-electron chi connectivity index (χ3n) is 3.31. The highest BCUT2D eigenvalue weighted by atomic mass is 15.2. The Bertz CT molecular complexity index is 508. The summed E-state index contributed by atoms with van der Waals surface area (Å²) in [6, 6.07) is 8.69. The zero-order chi connectivity index (χ0) is 13.1. The average Bonchev–Trinajstić information content (AvgIpc) is 2.70. The van der Waals surface area contributed by atoms with Crippen molar-refractivity contribution in [3.05, 3.63) is 52.8 Å². The maximum atomic E-state index is 6.27. The number of rotatable bonds is 4. The highest BCUT2D eigenvalue weighted by molar-refractivity contribution is 5.30. The van der Waals surface area contributed by atoms with Crippen LogP contribution in [0.3, 0.4) is 0 Å². The van der Waals surface area contributed by atoms with Gasteiger partial charge in [0.15, 0.2) is 0 Å². The molecular formula is C15H21N3. The lowest BCUT2D eigenvalue weighted by Gasteiger charge is -2.13. The molecule has 0 fully saturated rings. The molecule has 2 N–H and O–H groups in total. The van der Waals surface area contributed by atoms with E-state index in [4.69, 9.17) is 5.73 Å². The fraction of sp³-hybridized carbons (Fsp3) is 0.400. The molecule has 2 aromatic rings. The Morgan fingerprint density at radius 2 is 1.89 bits per heavy atom. The van der Waals surface area contributed by atoms with Crippen LogP contribution in [0.1, 0.15) is 34.8 Å². The Morgan fingerprint density at radius 3 is 2.44 bits per heavy atom. The van der Waals surface area contributed by atoms with Crippen LogP contribution in [0.5, 0.6) is 0 Å². The van der Waals surface area contributed by atoms with Gasteiger partial charge >= 0.3 is 0 Å². The van der Waals surface area contributed by atoms with E-state index in [0.717, 1.165) is 12.8 Å². The van der Waals surface area contributed by atoms with Gasteiger partial charge in [-0.3, -0.25) is 4.68 Å². The van der Waals surface area contributed by atoms with Crippen molar-refractivity contribution in [2.24, 2.45) is 12.8 Å². The van der Waals surface area contributed by atoms with Gasteiger partial charge in [-0.15, -0.1) is 0 Å². The molecule has 0 spiro atoms. The number of aryl methyl sites for hydroxylation is 4. The molecule has 0 aliphatic rings. The predicted molar refractivity (Wildman–Crippen MR) is 74.4 cm³/mol. The molecule has 2 rings (SSSR count). The molecule has 0 radical (unpaired) electrons. The van der Waals surface area contributed by atoms with Gasteiger partial charge < -0.3 is 5.73 Å². The van der Waals surface area contributed by atoms with Gasteiger partial charge in [0.05, 0.1) is 0 Å². The molecule has 1 unspecified atom stereocenters. The lowest BCUT2D eigenvalue weighted by atomic mass is 9.98. The highest BCUT2D eigenvalue weighted by Crippen LogP contribution is 2.19. The molecule has 3 heteroatoms. The van der Waals surface area contributed by atoms with Crippen molar-refractivity contribution in [3.8, 4) is 0 Å². The maximum absolute atomic E-state index is 6.27. The summed E-state index contributed by atoms with van der Waals surface area (Å²) < 4.78 is 1.91. The van der Waals surface area contributed by atoms with Gasteiger partial charge in [0.2, 0.25) is 0 Å². The monoisotopic (exact) mass is 243 g/mol. The SMILES string of the molecule is Cc1cc(C)cc(C(N)CCc2ccnn2C)c1. The van der Waals surface area contributed by atoms with E-state index in [2.05, 4.69) is 37.1 Å². The van der Waals surface area contributed by atoms with Crippen LogP contribution < -0.4 is 5.73 Å². The molecule has 0 bridgehead atoms. The summed E-state index contributed by atoms with van der Waals surface area (Å²) in [6.45, 7) is 4.23. The summed E-state index contributed by atoms with van der Waals surface area (Å²) in [6.07, 6.45) is 3.74. The third kappa shape index (κ3) is 2.99. The summed E-state index contributed by atoms with van der Waals surface area (Å²) in [7, 11) is 1.97. The number of hydrogen-bond acceptors (Lipinski definition) is 2. The van der Waals surface area contributed by atoms with Gasteiger partial charge in [-0.2, -0.15) is 5.10 Å².